The van der Waals surface area contributed by atoms with Crippen molar-refractivity contribution in [1.82, 2.24) is 15.0 Å². The van der Waals surface area contributed by atoms with Crippen LogP contribution in [0.3, 0.4) is 0 Å². The van der Waals surface area contributed by atoms with Crippen LogP contribution in [-0.4, -0.2) is 15.0 Å². The van der Waals surface area contributed by atoms with Crippen molar-refractivity contribution in [1.29, 1.82) is 0 Å². The van der Waals surface area contributed by atoms with Gasteiger partial charge in [0.1, 0.15) is 16.6 Å². The van der Waals surface area contributed by atoms with Crippen molar-refractivity contribution in [3.63, 3.8) is 0 Å². The Morgan fingerprint density at radius 2 is 1.94 bits per heavy atom. The first-order valence-electron chi connectivity index (χ1n) is 5.78. The minimum absolute atomic E-state index is 0.596. The quantitative estimate of drug-likeness (QED) is 0.763. The van der Waals surface area contributed by atoms with Crippen LogP contribution in [0.2, 0.25) is 5.15 Å². The second-order valence-electron chi connectivity index (χ2n) is 4.26. The van der Waals surface area contributed by atoms with Gasteiger partial charge >= 0.3 is 0 Å². The third-order valence-corrected chi connectivity index (χ3v) is 3.06. The summed E-state index contributed by atoms with van der Waals surface area (Å²) in [6, 6.07) is 12.1. The number of aromatic nitrogens is 3. The van der Waals surface area contributed by atoms with Gasteiger partial charge in [-0.05, 0) is 18.6 Å². The molecule has 3 nitrogen and oxygen atoms in total. The Morgan fingerprint density at radius 1 is 1.17 bits per heavy atom. The summed E-state index contributed by atoms with van der Waals surface area (Å²) >= 11 is 5.99. The zero-order chi connectivity index (χ0) is 12.5. The van der Waals surface area contributed by atoms with Crippen LogP contribution in [0, 0.1) is 6.92 Å². The maximum absolute atomic E-state index is 5.99. The predicted octanol–water partition coefficient (Wildman–Crippen LogP) is 3.51. The lowest BCUT2D eigenvalue weighted by atomic mass is 10.1. The third-order valence-electron chi connectivity index (χ3n) is 2.86. The Kier molecular flexibility index (Phi) is 2.76. The topological polar surface area (TPSA) is 41.6 Å². The number of rotatable bonds is 2. The van der Waals surface area contributed by atoms with Gasteiger partial charge in [-0.15, -0.1) is 0 Å². The number of halogens is 1. The molecule has 0 aliphatic rings. The van der Waals surface area contributed by atoms with Gasteiger partial charge in [0.2, 0.25) is 0 Å². The van der Waals surface area contributed by atoms with E-state index in [0.29, 0.717) is 5.15 Å². The molecule has 0 aliphatic heterocycles. The van der Waals surface area contributed by atoms with Crippen molar-refractivity contribution in [3.8, 4) is 0 Å². The molecule has 0 unspecified atom stereocenters. The maximum Gasteiger partial charge on any atom is 0.142 e. The molecule has 18 heavy (non-hydrogen) atoms. The number of fused-ring (bicyclic) bond motifs is 1. The highest BCUT2D eigenvalue weighted by Crippen LogP contribution is 2.22. The molecule has 0 saturated carbocycles. The highest BCUT2D eigenvalue weighted by atomic mass is 35.5. The van der Waals surface area contributed by atoms with Crippen molar-refractivity contribution < 1.29 is 0 Å². The number of hydrogen-bond donors (Lipinski definition) is 1. The van der Waals surface area contributed by atoms with Crippen LogP contribution in [0.5, 0.6) is 0 Å². The molecule has 1 N–H and O–H groups in total. The van der Waals surface area contributed by atoms with Crippen LogP contribution in [-0.2, 0) is 6.42 Å². The van der Waals surface area contributed by atoms with Crippen molar-refractivity contribution in [2.75, 3.05) is 0 Å². The summed E-state index contributed by atoms with van der Waals surface area (Å²) < 4.78 is 0. The highest BCUT2D eigenvalue weighted by Gasteiger charge is 2.09. The van der Waals surface area contributed by atoms with Gasteiger partial charge in [0.05, 0.1) is 5.69 Å². The van der Waals surface area contributed by atoms with Gasteiger partial charge in [0, 0.05) is 11.8 Å². The molecule has 0 atom stereocenters. The van der Waals surface area contributed by atoms with Crippen molar-refractivity contribution >= 4 is 22.6 Å². The molecule has 0 bridgehead atoms. The average molecular weight is 258 g/mol. The van der Waals surface area contributed by atoms with Gasteiger partial charge in [0.25, 0.3) is 0 Å². The van der Waals surface area contributed by atoms with Crippen LogP contribution in [0.25, 0.3) is 11.0 Å². The zero-order valence-electron chi connectivity index (χ0n) is 9.94. The molecular formula is C14H12ClN3. The Bertz CT molecular complexity index is 689. The summed E-state index contributed by atoms with van der Waals surface area (Å²) in [5.41, 5.74) is 3.04. The highest BCUT2D eigenvalue weighted by molar-refractivity contribution is 6.30. The maximum atomic E-state index is 5.99. The number of hydrogen-bond acceptors (Lipinski definition) is 2. The van der Waals surface area contributed by atoms with Crippen LogP contribution < -0.4 is 0 Å². The molecule has 0 amide bonds. The van der Waals surface area contributed by atoms with Gasteiger partial charge in [-0.1, -0.05) is 41.9 Å². The van der Waals surface area contributed by atoms with Crippen molar-refractivity contribution in [2.24, 2.45) is 0 Å². The van der Waals surface area contributed by atoms with Crippen LogP contribution in [0.4, 0.5) is 0 Å². The van der Waals surface area contributed by atoms with Crippen LogP contribution in [0.15, 0.2) is 36.4 Å². The van der Waals surface area contributed by atoms with E-state index in [2.05, 4.69) is 27.1 Å². The minimum atomic E-state index is 0.596. The standard InChI is InChI=1S/C14H12ClN3/c1-9-16-12(7-10-5-3-2-4-6-10)11-8-13(15)18-14(11)17-9/h2-6,8H,7H2,1H3,(H,16,17,18). The molecule has 0 spiro atoms. The van der Waals surface area contributed by atoms with Gasteiger partial charge in [-0.2, -0.15) is 0 Å². The molecule has 3 aromatic rings. The predicted molar refractivity (Wildman–Crippen MR) is 72.9 cm³/mol. The summed E-state index contributed by atoms with van der Waals surface area (Å²) in [5.74, 6) is 0.756. The first-order valence-corrected chi connectivity index (χ1v) is 6.16. The number of nitrogens with zero attached hydrogens (tertiary/aromatic N) is 2. The van der Waals surface area contributed by atoms with E-state index in [1.165, 1.54) is 5.56 Å². The van der Waals surface area contributed by atoms with Gasteiger partial charge in [0.15, 0.2) is 0 Å². The first kappa shape index (κ1) is 11.2. The monoisotopic (exact) mass is 257 g/mol. The molecule has 2 aromatic heterocycles. The SMILES string of the molecule is Cc1nc(Cc2ccccc2)c2cc(Cl)[nH]c2n1. The fraction of sp³-hybridized carbons (Fsp3) is 0.143. The fourth-order valence-corrected chi connectivity index (χ4v) is 2.28. The van der Waals surface area contributed by atoms with E-state index in [1.807, 2.05) is 31.2 Å². The molecule has 0 saturated heterocycles. The minimum Gasteiger partial charge on any atom is -0.330 e. The van der Waals surface area contributed by atoms with Crippen molar-refractivity contribution in [3.05, 3.63) is 58.6 Å². The molecule has 1 aromatic carbocycles. The summed E-state index contributed by atoms with van der Waals surface area (Å²) in [7, 11) is 0. The summed E-state index contributed by atoms with van der Waals surface area (Å²) in [5, 5.41) is 1.59. The molecule has 3 rings (SSSR count). The number of benzene rings is 1. The first-order chi connectivity index (χ1) is 8.72. The normalized spacial score (nSPS) is 11.0. The van der Waals surface area contributed by atoms with E-state index in [0.717, 1.165) is 29.0 Å². The second-order valence-corrected chi connectivity index (χ2v) is 4.67. The molecule has 0 radical (unpaired) electrons. The number of nitrogens with one attached hydrogen (secondary N) is 1. The Balaban J connectivity index is 2.10. The second kappa shape index (κ2) is 4.42. The smallest absolute Gasteiger partial charge is 0.142 e. The molecule has 0 fully saturated rings. The van der Waals surface area contributed by atoms with E-state index in [9.17, 15) is 0 Å². The fourth-order valence-electron chi connectivity index (χ4n) is 2.09. The number of aryl methyl sites for hydroxylation is 1. The van der Waals surface area contributed by atoms with Gasteiger partial charge in [-0.25, -0.2) is 9.97 Å². The van der Waals surface area contributed by atoms with E-state index >= 15 is 0 Å². The summed E-state index contributed by atoms with van der Waals surface area (Å²) in [4.78, 5) is 11.9. The van der Waals surface area contributed by atoms with E-state index in [1.54, 1.807) is 0 Å². The lowest BCUT2D eigenvalue weighted by Crippen LogP contribution is -1.97. The molecule has 0 aliphatic carbocycles. The Morgan fingerprint density at radius 3 is 2.72 bits per heavy atom. The van der Waals surface area contributed by atoms with E-state index in [-0.39, 0.29) is 0 Å². The molecular weight excluding hydrogens is 246 g/mol. The summed E-state index contributed by atoms with van der Waals surface area (Å²) in [6.07, 6.45) is 0.787. The van der Waals surface area contributed by atoms with Gasteiger partial charge in [-0.3, -0.25) is 0 Å². The molecule has 4 heteroatoms. The van der Waals surface area contributed by atoms with E-state index < -0.39 is 0 Å². The number of H-pyrrole nitrogens is 1. The Labute approximate surface area is 110 Å². The van der Waals surface area contributed by atoms with Gasteiger partial charge < -0.3 is 4.98 Å². The van der Waals surface area contributed by atoms with Crippen molar-refractivity contribution in [2.45, 2.75) is 13.3 Å². The lowest BCUT2D eigenvalue weighted by Gasteiger charge is -2.03. The zero-order valence-corrected chi connectivity index (χ0v) is 10.7. The molecule has 90 valence electrons. The largest absolute Gasteiger partial charge is 0.330 e. The Hall–Kier alpha value is -1.87. The van der Waals surface area contributed by atoms with Crippen LogP contribution in [0.1, 0.15) is 17.1 Å². The lowest BCUT2D eigenvalue weighted by molar-refractivity contribution is 0.998. The van der Waals surface area contributed by atoms with Crippen LogP contribution >= 0.6 is 11.6 Å². The van der Waals surface area contributed by atoms with E-state index in [4.69, 9.17) is 11.6 Å². The number of aromatic amines is 1. The average Bonchev–Trinajstić information content (AvgIpc) is 2.71. The molecule has 2 heterocycles. The summed E-state index contributed by atoms with van der Waals surface area (Å²) in [6.45, 7) is 1.89. The third kappa shape index (κ3) is 2.09.